The zero-order chi connectivity index (χ0) is 13.9. The van der Waals surface area contributed by atoms with E-state index in [1.54, 1.807) is 30.1 Å². The van der Waals surface area contributed by atoms with Gasteiger partial charge in [-0.05, 0) is 6.07 Å². The van der Waals surface area contributed by atoms with Gasteiger partial charge in [0.15, 0.2) is 6.29 Å². The van der Waals surface area contributed by atoms with Crippen molar-refractivity contribution in [1.82, 2.24) is 4.90 Å². The molecule has 0 bridgehead atoms. The molecule has 0 saturated carbocycles. The third-order valence-corrected chi connectivity index (χ3v) is 4.18. The van der Waals surface area contributed by atoms with Crippen molar-refractivity contribution in [2.75, 3.05) is 13.2 Å². The van der Waals surface area contributed by atoms with Crippen molar-refractivity contribution in [3.63, 3.8) is 0 Å². The van der Waals surface area contributed by atoms with Crippen LogP contribution in [-0.2, 0) is 0 Å². The molecule has 0 unspecified atom stereocenters. The molecular formula is C13H18ClNO2Si. The highest BCUT2D eigenvalue weighted by molar-refractivity contribution is 6.76. The maximum Gasteiger partial charge on any atom is 0.255 e. The van der Waals surface area contributed by atoms with E-state index in [1.165, 1.54) is 0 Å². The predicted octanol–water partition coefficient (Wildman–Crippen LogP) is 3.10. The highest BCUT2D eigenvalue weighted by Gasteiger charge is 2.23. The number of benzene rings is 1. The smallest absolute Gasteiger partial charge is 0.255 e. The molecule has 0 spiro atoms. The fourth-order valence-corrected chi connectivity index (χ4v) is 3.67. The van der Waals surface area contributed by atoms with E-state index >= 15 is 0 Å². The van der Waals surface area contributed by atoms with E-state index in [-0.39, 0.29) is 5.91 Å². The lowest BCUT2D eigenvalue weighted by molar-refractivity contribution is 0.0812. The van der Waals surface area contributed by atoms with Crippen molar-refractivity contribution in [1.29, 1.82) is 0 Å². The van der Waals surface area contributed by atoms with Gasteiger partial charge in [-0.1, -0.05) is 43.4 Å². The molecule has 18 heavy (non-hydrogen) atoms. The molecule has 1 rings (SSSR count). The van der Waals surface area contributed by atoms with E-state index in [9.17, 15) is 9.59 Å². The summed E-state index contributed by atoms with van der Waals surface area (Å²) in [7, 11) is 0.361. The minimum absolute atomic E-state index is 0.190. The van der Waals surface area contributed by atoms with Gasteiger partial charge in [-0.3, -0.25) is 9.59 Å². The van der Waals surface area contributed by atoms with E-state index in [4.69, 9.17) is 11.6 Å². The molecule has 3 nitrogen and oxygen atoms in total. The maximum atomic E-state index is 12.3. The Morgan fingerprint density at radius 1 is 1.39 bits per heavy atom. The topological polar surface area (TPSA) is 37.4 Å². The summed E-state index contributed by atoms with van der Waals surface area (Å²) in [4.78, 5) is 25.0. The molecule has 0 fully saturated rings. The van der Waals surface area contributed by atoms with Crippen LogP contribution in [0.25, 0.3) is 0 Å². The largest absolute Gasteiger partial charge is 0.345 e. The Morgan fingerprint density at radius 3 is 2.50 bits per heavy atom. The van der Waals surface area contributed by atoms with E-state index < -0.39 is 8.07 Å². The van der Waals surface area contributed by atoms with Crippen LogP contribution in [0.2, 0.25) is 24.7 Å². The average molecular weight is 284 g/mol. The van der Waals surface area contributed by atoms with Gasteiger partial charge >= 0.3 is 0 Å². The zero-order valence-electron chi connectivity index (χ0n) is 11.2. The summed E-state index contributed by atoms with van der Waals surface area (Å²) in [5, 5.41) is 0.326. The summed E-state index contributed by atoms with van der Waals surface area (Å²) in [6, 6.07) is 4.90. The summed E-state index contributed by atoms with van der Waals surface area (Å²) >= 11 is 6.02. The molecule has 0 atom stereocenters. The Bertz CT molecular complexity index is 469. The van der Waals surface area contributed by atoms with Gasteiger partial charge in [0.05, 0.1) is 18.7 Å². The Kier molecular flexibility index (Phi) is 4.70. The number of hydrogen-bond acceptors (Lipinski definition) is 2. The van der Waals surface area contributed by atoms with E-state index in [2.05, 4.69) is 19.6 Å². The first kappa shape index (κ1) is 14.9. The van der Waals surface area contributed by atoms with Gasteiger partial charge < -0.3 is 4.90 Å². The molecule has 0 heterocycles. The zero-order valence-corrected chi connectivity index (χ0v) is 12.9. The maximum absolute atomic E-state index is 12.3. The summed E-state index contributed by atoms with van der Waals surface area (Å²) in [6.07, 6.45) is 1.40. The van der Waals surface area contributed by atoms with Crippen molar-refractivity contribution in [3.8, 4) is 0 Å². The van der Waals surface area contributed by atoms with Gasteiger partial charge in [0.1, 0.15) is 0 Å². The van der Waals surface area contributed by atoms with Crippen LogP contribution < -0.4 is 0 Å². The van der Waals surface area contributed by atoms with Crippen LogP contribution in [0.4, 0.5) is 0 Å². The third-order valence-electron chi connectivity index (χ3n) is 2.44. The molecule has 0 aliphatic rings. The molecule has 1 aromatic rings. The molecule has 98 valence electrons. The average Bonchev–Trinajstić information content (AvgIpc) is 2.25. The van der Waals surface area contributed by atoms with Gasteiger partial charge in [0.25, 0.3) is 5.91 Å². The first-order valence-corrected chi connectivity index (χ1v) is 9.84. The number of rotatable bonds is 4. The molecule has 0 aliphatic carbocycles. The molecule has 0 radical (unpaired) electrons. The van der Waals surface area contributed by atoms with Crippen LogP contribution in [-0.4, -0.2) is 38.4 Å². The van der Waals surface area contributed by atoms with Crippen molar-refractivity contribution < 1.29 is 9.59 Å². The first-order chi connectivity index (χ1) is 8.26. The van der Waals surface area contributed by atoms with Gasteiger partial charge in [0.2, 0.25) is 0 Å². The number of nitrogens with zero attached hydrogens (tertiary/aromatic N) is 1. The van der Waals surface area contributed by atoms with Crippen molar-refractivity contribution in [3.05, 3.63) is 34.3 Å². The van der Waals surface area contributed by atoms with Gasteiger partial charge in [0, 0.05) is 18.8 Å². The number of halogens is 1. The molecule has 0 saturated heterocycles. The number of amides is 1. The van der Waals surface area contributed by atoms with Crippen LogP contribution in [0.15, 0.2) is 18.2 Å². The van der Waals surface area contributed by atoms with Crippen molar-refractivity contribution in [2.24, 2.45) is 0 Å². The predicted molar refractivity (Wildman–Crippen MR) is 77.1 cm³/mol. The fourth-order valence-electron chi connectivity index (χ4n) is 1.84. The minimum Gasteiger partial charge on any atom is -0.345 e. The summed E-state index contributed by atoms with van der Waals surface area (Å²) < 4.78 is 0. The van der Waals surface area contributed by atoms with E-state index in [0.29, 0.717) is 22.4 Å². The first-order valence-electron chi connectivity index (χ1n) is 5.75. The molecule has 1 aromatic carbocycles. The lowest BCUT2D eigenvalue weighted by Crippen LogP contribution is -2.41. The van der Waals surface area contributed by atoms with Crippen LogP contribution in [0, 0.1) is 0 Å². The highest BCUT2D eigenvalue weighted by atomic mass is 35.5. The minimum atomic E-state index is -1.39. The number of hydrogen-bond donors (Lipinski definition) is 0. The van der Waals surface area contributed by atoms with Gasteiger partial charge in [-0.2, -0.15) is 0 Å². The second-order valence-corrected chi connectivity index (χ2v) is 11.4. The van der Waals surface area contributed by atoms with Gasteiger partial charge in [-0.25, -0.2) is 0 Å². The lowest BCUT2D eigenvalue weighted by atomic mass is 10.1. The monoisotopic (exact) mass is 283 g/mol. The molecule has 1 amide bonds. The molecule has 5 heteroatoms. The summed E-state index contributed by atoms with van der Waals surface area (Å²) in [5.41, 5.74) is 0.643. The third kappa shape index (κ3) is 3.68. The van der Waals surface area contributed by atoms with Crippen LogP contribution in [0.5, 0.6) is 0 Å². The van der Waals surface area contributed by atoms with E-state index in [0.717, 1.165) is 6.17 Å². The second-order valence-electron chi connectivity index (χ2n) is 5.54. The van der Waals surface area contributed by atoms with E-state index in [1.807, 2.05) is 0 Å². The fraction of sp³-hybridized carbons (Fsp3) is 0.385. The normalized spacial score (nSPS) is 11.2. The molecule has 0 aromatic heterocycles. The van der Waals surface area contributed by atoms with Crippen LogP contribution >= 0.6 is 11.6 Å². The highest BCUT2D eigenvalue weighted by Crippen LogP contribution is 2.21. The lowest BCUT2D eigenvalue weighted by Gasteiger charge is -2.25. The summed E-state index contributed by atoms with van der Waals surface area (Å²) in [6.45, 7) is 6.55. The standard InChI is InChI=1S/C13H18ClNO2Si/c1-15(9-18(2,3)4)13(17)12-10(8-16)6-5-7-11(12)14/h5-8H,9H2,1-4H3. The van der Waals surface area contributed by atoms with Crippen molar-refractivity contribution in [2.45, 2.75) is 19.6 Å². The SMILES string of the molecule is CN(C[Si](C)(C)C)C(=O)c1c(Cl)cccc1C=O. The summed E-state index contributed by atoms with van der Waals surface area (Å²) in [5.74, 6) is -0.190. The Labute approximate surface area is 114 Å². The number of aldehydes is 1. The number of carbonyl (C=O) groups excluding carboxylic acids is 2. The van der Waals surface area contributed by atoms with Crippen LogP contribution in [0.3, 0.4) is 0 Å². The quantitative estimate of drug-likeness (QED) is 0.629. The second kappa shape index (κ2) is 5.67. The molecule has 0 N–H and O–H groups in total. The van der Waals surface area contributed by atoms with Crippen molar-refractivity contribution >= 4 is 31.9 Å². The van der Waals surface area contributed by atoms with Gasteiger partial charge in [-0.15, -0.1) is 0 Å². The number of carbonyl (C=O) groups is 2. The molecule has 0 aliphatic heterocycles. The Morgan fingerprint density at radius 2 is 2.00 bits per heavy atom. The Balaban J connectivity index is 3.07. The Hall–Kier alpha value is -1.13. The molecular weight excluding hydrogens is 266 g/mol. The van der Waals surface area contributed by atoms with Crippen LogP contribution in [0.1, 0.15) is 20.7 Å².